The van der Waals surface area contributed by atoms with Crippen LogP contribution in [0.1, 0.15) is 36.8 Å². The van der Waals surface area contributed by atoms with Gasteiger partial charge in [-0.1, -0.05) is 32.0 Å². The molecule has 0 saturated carbocycles. The molecule has 1 atom stereocenters. The van der Waals surface area contributed by atoms with Crippen molar-refractivity contribution in [3.05, 3.63) is 53.5 Å². The standard InChI is InChI=1S/C17H23NO2/c1-4-16-14(10-11-20-16)15(18-5-2)12-13-8-6-7-9-17(13)19-3/h6-11,15,18H,4-5,12H2,1-3H3. The van der Waals surface area contributed by atoms with Crippen molar-refractivity contribution in [1.29, 1.82) is 0 Å². The molecule has 1 unspecified atom stereocenters. The highest BCUT2D eigenvalue weighted by Gasteiger charge is 2.18. The molecule has 0 aliphatic carbocycles. The van der Waals surface area contributed by atoms with E-state index in [0.717, 1.165) is 30.9 Å². The molecule has 2 rings (SSSR count). The number of hydrogen-bond donors (Lipinski definition) is 1. The fourth-order valence-electron chi connectivity index (χ4n) is 2.58. The minimum atomic E-state index is 0.255. The smallest absolute Gasteiger partial charge is 0.122 e. The summed E-state index contributed by atoms with van der Waals surface area (Å²) >= 11 is 0. The highest BCUT2D eigenvalue weighted by molar-refractivity contribution is 5.35. The monoisotopic (exact) mass is 273 g/mol. The largest absolute Gasteiger partial charge is 0.496 e. The van der Waals surface area contributed by atoms with E-state index in [1.165, 1.54) is 11.1 Å². The summed E-state index contributed by atoms with van der Waals surface area (Å²) in [7, 11) is 1.72. The second-order valence-corrected chi connectivity index (χ2v) is 4.78. The van der Waals surface area contributed by atoms with Gasteiger partial charge in [0.1, 0.15) is 11.5 Å². The molecule has 0 aliphatic rings. The first-order valence-corrected chi connectivity index (χ1v) is 7.21. The summed E-state index contributed by atoms with van der Waals surface area (Å²) in [6.07, 6.45) is 3.58. The van der Waals surface area contributed by atoms with Gasteiger partial charge in [-0.15, -0.1) is 0 Å². The zero-order valence-electron chi connectivity index (χ0n) is 12.5. The first kappa shape index (κ1) is 14.7. The van der Waals surface area contributed by atoms with Crippen LogP contribution in [0.2, 0.25) is 0 Å². The predicted molar refractivity (Wildman–Crippen MR) is 81.2 cm³/mol. The number of hydrogen-bond acceptors (Lipinski definition) is 3. The Balaban J connectivity index is 2.25. The van der Waals surface area contributed by atoms with E-state index >= 15 is 0 Å². The molecule has 3 heteroatoms. The number of likely N-dealkylation sites (N-methyl/N-ethyl adjacent to an activating group) is 1. The quantitative estimate of drug-likeness (QED) is 0.834. The van der Waals surface area contributed by atoms with Gasteiger partial charge in [-0.25, -0.2) is 0 Å². The van der Waals surface area contributed by atoms with Crippen molar-refractivity contribution in [3.63, 3.8) is 0 Å². The summed E-state index contributed by atoms with van der Waals surface area (Å²) in [4.78, 5) is 0. The van der Waals surface area contributed by atoms with Gasteiger partial charge < -0.3 is 14.5 Å². The lowest BCUT2D eigenvalue weighted by Crippen LogP contribution is -2.23. The third-order valence-corrected chi connectivity index (χ3v) is 3.54. The molecule has 0 amide bonds. The molecule has 0 saturated heterocycles. The molecule has 0 aliphatic heterocycles. The Morgan fingerprint density at radius 1 is 1.20 bits per heavy atom. The molecule has 0 fully saturated rings. The number of rotatable bonds is 7. The lowest BCUT2D eigenvalue weighted by Gasteiger charge is -2.19. The third kappa shape index (κ3) is 3.23. The van der Waals surface area contributed by atoms with E-state index in [1.54, 1.807) is 13.4 Å². The second-order valence-electron chi connectivity index (χ2n) is 4.78. The summed E-state index contributed by atoms with van der Waals surface area (Å²) in [6.45, 7) is 5.17. The van der Waals surface area contributed by atoms with E-state index in [1.807, 2.05) is 12.1 Å². The molecule has 1 aromatic carbocycles. The Kier molecular flexibility index (Phi) is 5.24. The first-order valence-electron chi connectivity index (χ1n) is 7.21. The van der Waals surface area contributed by atoms with Gasteiger partial charge in [0.05, 0.1) is 13.4 Å². The number of aryl methyl sites for hydroxylation is 1. The highest BCUT2D eigenvalue weighted by Crippen LogP contribution is 2.27. The van der Waals surface area contributed by atoms with Gasteiger partial charge in [-0.3, -0.25) is 0 Å². The van der Waals surface area contributed by atoms with Crippen LogP contribution in [-0.4, -0.2) is 13.7 Å². The van der Waals surface area contributed by atoms with E-state index in [4.69, 9.17) is 9.15 Å². The molecule has 0 spiro atoms. The zero-order chi connectivity index (χ0) is 14.4. The van der Waals surface area contributed by atoms with Crippen LogP contribution in [0.3, 0.4) is 0 Å². The number of furan rings is 1. The minimum Gasteiger partial charge on any atom is -0.496 e. The van der Waals surface area contributed by atoms with Gasteiger partial charge in [0.25, 0.3) is 0 Å². The topological polar surface area (TPSA) is 34.4 Å². The Labute approximate surface area is 121 Å². The molecule has 1 N–H and O–H groups in total. The summed E-state index contributed by atoms with van der Waals surface area (Å²) in [5, 5.41) is 3.54. The third-order valence-electron chi connectivity index (χ3n) is 3.54. The molecule has 0 bridgehead atoms. The first-order chi connectivity index (χ1) is 9.80. The lowest BCUT2D eigenvalue weighted by molar-refractivity contribution is 0.405. The van der Waals surface area contributed by atoms with Gasteiger partial charge in [0.2, 0.25) is 0 Å². The average molecular weight is 273 g/mol. The van der Waals surface area contributed by atoms with Crippen molar-refractivity contribution >= 4 is 0 Å². The molecular weight excluding hydrogens is 250 g/mol. The molecule has 20 heavy (non-hydrogen) atoms. The van der Waals surface area contributed by atoms with Crippen molar-refractivity contribution in [2.75, 3.05) is 13.7 Å². The van der Waals surface area contributed by atoms with Gasteiger partial charge >= 0.3 is 0 Å². The molecule has 1 aromatic heterocycles. The lowest BCUT2D eigenvalue weighted by atomic mass is 9.97. The Morgan fingerprint density at radius 2 is 2.00 bits per heavy atom. The van der Waals surface area contributed by atoms with Crippen LogP contribution in [0.25, 0.3) is 0 Å². The molecule has 1 heterocycles. The second kappa shape index (κ2) is 7.15. The summed E-state index contributed by atoms with van der Waals surface area (Å²) in [5.41, 5.74) is 2.46. The van der Waals surface area contributed by atoms with Crippen LogP contribution in [0.15, 0.2) is 41.0 Å². The molecule has 0 radical (unpaired) electrons. The Bertz CT molecular complexity index is 533. The fourth-order valence-corrected chi connectivity index (χ4v) is 2.58. The van der Waals surface area contributed by atoms with Gasteiger partial charge in [0, 0.05) is 18.0 Å². The molecule has 2 aromatic rings. The summed E-state index contributed by atoms with van der Waals surface area (Å²) in [6, 6.07) is 10.5. The highest BCUT2D eigenvalue weighted by atomic mass is 16.5. The van der Waals surface area contributed by atoms with Crippen molar-refractivity contribution in [3.8, 4) is 5.75 Å². The Morgan fingerprint density at radius 3 is 2.70 bits per heavy atom. The van der Waals surface area contributed by atoms with Gasteiger partial charge in [-0.2, -0.15) is 0 Å². The maximum atomic E-state index is 5.56. The number of benzene rings is 1. The normalized spacial score (nSPS) is 12.3. The van der Waals surface area contributed by atoms with Gasteiger partial charge in [0.15, 0.2) is 0 Å². The molecular formula is C17H23NO2. The zero-order valence-corrected chi connectivity index (χ0v) is 12.5. The minimum absolute atomic E-state index is 0.255. The molecule has 3 nitrogen and oxygen atoms in total. The summed E-state index contributed by atoms with van der Waals surface area (Å²) in [5.74, 6) is 2.00. The van der Waals surface area contributed by atoms with Crippen LogP contribution in [0.4, 0.5) is 0 Å². The van der Waals surface area contributed by atoms with E-state index in [-0.39, 0.29) is 6.04 Å². The summed E-state index contributed by atoms with van der Waals surface area (Å²) < 4.78 is 11.0. The van der Waals surface area contributed by atoms with E-state index in [0.29, 0.717) is 0 Å². The maximum absolute atomic E-state index is 5.56. The van der Waals surface area contributed by atoms with Crippen molar-refractivity contribution in [1.82, 2.24) is 5.32 Å². The van der Waals surface area contributed by atoms with Crippen molar-refractivity contribution in [2.45, 2.75) is 32.7 Å². The number of nitrogens with one attached hydrogen (secondary N) is 1. The number of ether oxygens (including phenoxy) is 1. The molecule has 108 valence electrons. The van der Waals surface area contributed by atoms with Crippen LogP contribution >= 0.6 is 0 Å². The average Bonchev–Trinajstić information content (AvgIpc) is 2.95. The van der Waals surface area contributed by atoms with Crippen molar-refractivity contribution < 1.29 is 9.15 Å². The van der Waals surface area contributed by atoms with Gasteiger partial charge in [-0.05, 0) is 30.7 Å². The van der Waals surface area contributed by atoms with Crippen molar-refractivity contribution in [2.24, 2.45) is 0 Å². The fraction of sp³-hybridized carbons (Fsp3) is 0.412. The predicted octanol–water partition coefficient (Wildman–Crippen LogP) is 3.74. The van der Waals surface area contributed by atoms with Crippen LogP contribution < -0.4 is 10.1 Å². The SMILES string of the molecule is CCNC(Cc1ccccc1OC)c1ccoc1CC. The van der Waals surface area contributed by atoms with Crippen LogP contribution in [0, 0.1) is 0 Å². The van der Waals surface area contributed by atoms with E-state index in [2.05, 4.69) is 37.4 Å². The van der Waals surface area contributed by atoms with E-state index < -0.39 is 0 Å². The van der Waals surface area contributed by atoms with E-state index in [9.17, 15) is 0 Å². The number of para-hydroxylation sites is 1. The Hall–Kier alpha value is -1.74. The van der Waals surface area contributed by atoms with Crippen LogP contribution in [0.5, 0.6) is 5.75 Å². The number of methoxy groups -OCH3 is 1. The maximum Gasteiger partial charge on any atom is 0.122 e. The van der Waals surface area contributed by atoms with Crippen LogP contribution in [-0.2, 0) is 12.8 Å².